The Bertz CT molecular complexity index is 476. The number of rotatable bonds is 4. The first-order valence-corrected chi connectivity index (χ1v) is 8.78. The summed E-state index contributed by atoms with van der Waals surface area (Å²) < 4.78 is 6.05. The van der Waals surface area contributed by atoms with Crippen molar-refractivity contribution in [3.8, 4) is 5.75 Å². The summed E-state index contributed by atoms with van der Waals surface area (Å²) in [5, 5.41) is 0.748. The van der Waals surface area contributed by atoms with E-state index < -0.39 is 0 Å². The summed E-state index contributed by atoms with van der Waals surface area (Å²) >= 11 is 6.48. The molecule has 116 valence electrons. The van der Waals surface area contributed by atoms with Gasteiger partial charge in [0.2, 0.25) is 0 Å². The SMILES string of the molecule is NCC1(c2ccc(OC3CCCC3)c(Cl)c2)CCCCC1. The van der Waals surface area contributed by atoms with Gasteiger partial charge in [0.25, 0.3) is 0 Å². The summed E-state index contributed by atoms with van der Waals surface area (Å²) in [6, 6.07) is 6.35. The Hall–Kier alpha value is -0.730. The van der Waals surface area contributed by atoms with E-state index in [-0.39, 0.29) is 5.41 Å². The van der Waals surface area contributed by atoms with Gasteiger partial charge in [-0.3, -0.25) is 0 Å². The summed E-state index contributed by atoms with van der Waals surface area (Å²) in [4.78, 5) is 0. The molecule has 3 rings (SSSR count). The highest BCUT2D eigenvalue weighted by Gasteiger charge is 2.33. The highest BCUT2D eigenvalue weighted by Crippen LogP contribution is 2.41. The van der Waals surface area contributed by atoms with Crippen molar-refractivity contribution in [2.75, 3.05) is 6.54 Å². The van der Waals surface area contributed by atoms with Crippen molar-refractivity contribution in [1.29, 1.82) is 0 Å². The van der Waals surface area contributed by atoms with Gasteiger partial charge in [-0.15, -0.1) is 0 Å². The van der Waals surface area contributed by atoms with Gasteiger partial charge in [-0.1, -0.05) is 36.9 Å². The lowest BCUT2D eigenvalue weighted by molar-refractivity contribution is 0.210. The van der Waals surface area contributed by atoms with E-state index in [1.807, 2.05) is 0 Å². The number of halogens is 1. The first-order valence-electron chi connectivity index (χ1n) is 8.40. The van der Waals surface area contributed by atoms with Crippen LogP contribution in [-0.2, 0) is 5.41 Å². The molecule has 0 spiro atoms. The summed E-state index contributed by atoms with van der Waals surface area (Å²) in [5.41, 5.74) is 7.55. The van der Waals surface area contributed by atoms with Crippen LogP contribution >= 0.6 is 11.6 Å². The highest BCUT2D eigenvalue weighted by atomic mass is 35.5. The van der Waals surface area contributed by atoms with Gasteiger partial charge < -0.3 is 10.5 Å². The van der Waals surface area contributed by atoms with Crippen LogP contribution in [-0.4, -0.2) is 12.6 Å². The van der Waals surface area contributed by atoms with Crippen molar-refractivity contribution >= 4 is 11.6 Å². The summed E-state index contributed by atoms with van der Waals surface area (Å²) in [6.07, 6.45) is 11.5. The van der Waals surface area contributed by atoms with Crippen molar-refractivity contribution < 1.29 is 4.74 Å². The number of ether oxygens (including phenoxy) is 1. The van der Waals surface area contributed by atoms with Crippen LogP contribution in [0.1, 0.15) is 63.4 Å². The predicted octanol–water partition coefficient (Wildman–Crippen LogP) is 4.82. The number of nitrogens with two attached hydrogens (primary N) is 1. The topological polar surface area (TPSA) is 35.2 Å². The van der Waals surface area contributed by atoms with Crippen molar-refractivity contribution in [3.63, 3.8) is 0 Å². The van der Waals surface area contributed by atoms with E-state index in [0.717, 1.165) is 23.6 Å². The maximum Gasteiger partial charge on any atom is 0.138 e. The normalized spacial score (nSPS) is 22.4. The van der Waals surface area contributed by atoms with Crippen molar-refractivity contribution in [3.05, 3.63) is 28.8 Å². The lowest BCUT2D eigenvalue weighted by atomic mass is 9.69. The molecule has 0 aromatic heterocycles. The zero-order valence-electron chi connectivity index (χ0n) is 12.7. The number of hydrogen-bond donors (Lipinski definition) is 1. The minimum atomic E-state index is 0.133. The Morgan fingerprint density at radius 1 is 1.10 bits per heavy atom. The highest BCUT2D eigenvalue weighted by molar-refractivity contribution is 6.32. The molecule has 0 saturated heterocycles. The van der Waals surface area contributed by atoms with E-state index in [2.05, 4.69) is 18.2 Å². The fourth-order valence-corrected chi connectivity index (χ4v) is 4.18. The van der Waals surface area contributed by atoms with E-state index in [4.69, 9.17) is 22.1 Å². The van der Waals surface area contributed by atoms with Crippen molar-refractivity contribution in [1.82, 2.24) is 0 Å². The molecule has 2 saturated carbocycles. The van der Waals surface area contributed by atoms with Crippen LogP contribution < -0.4 is 10.5 Å². The molecular weight excluding hydrogens is 282 g/mol. The van der Waals surface area contributed by atoms with Gasteiger partial charge in [0.1, 0.15) is 5.75 Å². The molecule has 2 N–H and O–H groups in total. The first kappa shape index (κ1) is 15.2. The summed E-state index contributed by atoms with van der Waals surface area (Å²) in [7, 11) is 0. The standard InChI is InChI=1S/C18H26ClNO/c19-16-12-14(18(13-20)10-4-1-5-11-18)8-9-17(16)21-15-6-2-3-7-15/h8-9,12,15H,1-7,10-11,13,20H2. The molecule has 2 nitrogen and oxygen atoms in total. The lowest BCUT2D eigenvalue weighted by Gasteiger charge is -2.37. The van der Waals surface area contributed by atoms with Gasteiger partial charge in [-0.05, 0) is 56.2 Å². The molecule has 3 heteroatoms. The molecule has 21 heavy (non-hydrogen) atoms. The second-order valence-corrected chi connectivity index (χ2v) is 7.12. The molecule has 0 unspecified atom stereocenters. The molecule has 1 aromatic rings. The van der Waals surface area contributed by atoms with Gasteiger partial charge in [-0.2, -0.15) is 0 Å². The van der Waals surface area contributed by atoms with Crippen LogP contribution in [0.25, 0.3) is 0 Å². The van der Waals surface area contributed by atoms with Crippen LogP contribution in [0.3, 0.4) is 0 Å². The van der Waals surface area contributed by atoms with E-state index in [9.17, 15) is 0 Å². The molecule has 2 aliphatic rings. The van der Waals surface area contributed by atoms with Crippen LogP contribution in [0, 0.1) is 0 Å². The predicted molar refractivity (Wildman–Crippen MR) is 88.2 cm³/mol. The average Bonchev–Trinajstić information content (AvgIpc) is 3.03. The number of benzene rings is 1. The summed E-state index contributed by atoms with van der Waals surface area (Å²) in [5.74, 6) is 0.843. The van der Waals surface area contributed by atoms with Crippen LogP contribution in [0.2, 0.25) is 5.02 Å². The molecule has 0 amide bonds. The summed E-state index contributed by atoms with van der Waals surface area (Å²) in [6.45, 7) is 0.714. The Labute approximate surface area is 133 Å². The van der Waals surface area contributed by atoms with E-state index >= 15 is 0 Å². The maximum atomic E-state index is 6.48. The molecular formula is C18H26ClNO. The van der Waals surface area contributed by atoms with E-state index in [1.54, 1.807) is 0 Å². The Balaban J connectivity index is 1.79. The van der Waals surface area contributed by atoms with Crippen LogP contribution in [0.4, 0.5) is 0 Å². The van der Waals surface area contributed by atoms with E-state index in [0.29, 0.717) is 12.6 Å². The fraction of sp³-hybridized carbons (Fsp3) is 0.667. The smallest absolute Gasteiger partial charge is 0.138 e. The fourth-order valence-electron chi connectivity index (χ4n) is 3.95. The van der Waals surface area contributed by atoms with Gasteiger partial charge in [-0.25, -0.2) is 0 Å². The lowest BCUT2D eigenvalue weighted by Crippen LogP contribution is -2.37. The first-order chi connectivity index (χ1) is 10.2. The van der Waals surface area contributed by atoms with E-state index in [1.165, 1.54) is 50.5 Å². The maximum absolute atomic E-state index is 6.48. The largest absolute Gasteiger partial charge is 0.489 e. The van der Waals surface area contributed by atoms with Gasteiger partial charge >= 0.3 is 0 Å². The molecule has 2 fully saturated rings. The third-order valence-electron chi connectivity index (χ3n) is 5.34. The zero-order valence-corrected chi connectivity index (χ0v) is 13.5. The Morgan fingerprint density at radius 2 is 1.81 bits per heavy atom. The molecule has 0 atom stereocenters. The average molecular weight is 308 g/mol. The second kappa shape index (κ2) is 6.58. The zero-order chi connectivity index (χ0) is 14.7. The monoisotopic (exact) mass is 307 g/mol. The minimum Gasteiger partial charge on any atom is -0.489 e. The third kappa shape index (κ3) is 3.22. The minimum absolute atomic E-state index is 0.133. The second-order valence-electron chi connectivity index (χ2n) is 6.71. The van der Waals surface area contributed by atoms with Gasteiger partial charge in [0, 0.05) is 12.0 Å². The van der Waals surface area contributed by atoms with Gasteiger partial charge in [0.15, 0.2) is 0 Å². The molecule has 0 heterocycles. The van der Waals surface area contributed by atoms with Crippen molar-refractivity contribution in [2.45, 2.75) is 69.3 Å². The molecule has 0 aliphatic heterocycles. The van der Waals surface area contributed by atoms with Crippen LogP contribution in [0.15, 0.2) is 18.2 Å². The molecule has 1 aromatic carbocycles. The Morgan fingerprint density at radius 3 is 2.43 bits per heavy atom. The quantitative estimate of drug-likeness (QED) is 0.865. The van der Waals surface area contributed by atoms with Crippen molar-refractivity contribution in [2.24, 2.45) is 5.73 Å². The van der Waals surface area contributed by atoms with Crippen LogP contribution in [0.5, 0.6) is 5.75 Å². The third-order valence-corrected chi connectivity index (χ3v) is 5.64. The Kier molecular flexibility index (Phi) is 4.75. The molecule has 0 bridgehead atoms. The number of hydrogen-bond acceptors (Lipinski definition) is 2. The molecule has 0 radical (unpaired) electrons. The van der Waals surface area contributed by atoms with Gasteiger partial charge in [0.05, 0.1) is 11.1 Å². The molecule has 2 aliphatic carbocycles.